The first-order chi connectivity index (χ1) is 7.97. The third-order valence-corrected chi connectivity index (χ3v) is 2.66. The molecule has 0 bridgehead atoms. The highest BCUT2D eigenvalue weighted by molar-refractivity contribution is 6.30. The van der Waals surface area contributed by atoms with E-state index in [9.17, 15) is 0 Å². The average Bonchev–Trinajstić information content (AvgIpc) is 2.29. The van der Waals surface area contributed by atoms with Crippen molar-refractivity contribution in [2.75, 3.05) is 0 Å². The van der Waals surface area contributed by atoms with Gasteiger partial charge in [0.25, 0.3) is 0 Å². The maximum atomic E-state index is 5.92. The number of hydrogen-bond donors (Lipinski definition) is 1. The summed E-state index contributed by atoms with van der Waals surface area (Å²) in [6.07, 6.45) is 3.56. The predicted molar refractivity (Wildman–Crippen MR) is 69.7 cm³/mol. The zero-order valence-electron chi connectivity index (χ0n) is 9.81. The Bertz CT molecular complexity index is 498. The third-order valence-electron chi connectivity index (χ3n) is 2.41. The van der Waals surface area contributed by atoms with E-state index in [0.717, 1.165) is 16.1 Å². The molecule has 88 valence electrons. The molecule has 0 aliphatic carbocycles. The van der Waals surface area contributed by atoms with Crippen LogP contribution < -0.4 is 5.73 Å². The fourth-order valence-electron chi connectivity index (χ4n) is 1.45. The topological polar surface area (TPSA) is 51.8 Å². The number of nitrogens with two attached hydrogens (primary N) is 1. The third kappa shape index (κ3) is 2.81. The Morgan fingerprint density at radius 3 is 2.00 bits per heavy atom. The molecular formula is C13H14ClN3. The number of halogens is 1. The maximum absolute atomic E-state index is 5.92. The van der Waals surface area contributed by atoms with Crippen LogP contribution in [0.2, 0.25) is 5.02 Å². The first-order valence-corrected chi connectivity index (χ1v) is 5.72. The zero-order chi connectivity index (χ0) is 12.5. The molecule has 0 aliphatic heterocycles. The van der Waals surface area contributed by atoms with Crippen molar-refractivity contribution in [2.45, 2.75) is 19.4 Å². The summed E-state index contributed by atoms with van der Waals surface area (Å²) in [5, 5.41) is 0.717. The van der Waals surface area contributed by atoms with Crippen molar-refractivity contribution >= 4 is 11.6 Å². The fourth-order valence-corrected chi connectivity index (χ4v) is 1.58. The molecule has 1 aromatic carbocycles. The summed E-state index contributed by atoms with van der Waals surface area (Å²) in [4.78, 5) is 8.56. The standard InChI is InChI=1S/C13H14ClN3/c1-13(2,15)12-16-7-10(8-17-12)9-3-5-11(14)6-4-9/h3-8H,15H2,1-2H3. The molecule has 0 saturated heterocycles. The second-order valence-corrected chi connectivity index (χ2v) is 4.96. The number of hydrogen-bond acceptors (Lipinski definition) is 3. The van der Waals surface area contributed by atoms with Crippen LogP contribution in [0.4, 0.5) is 0 Å². The van der Waals surface area contributed by atoms with Gasteiger partial charge in [-0.1, -0.05) is 23.7 Å². The molecule has 4 heteroatoms. The number of rotatable bonds is 2. The van der Waals surface area contributed by atoms with Crippen LogP contribution in [0.5, 0.6) is 0 Å². The normalized spacial score (nSPS) is 11.5. The molecular weight excluding hydrogens is 234 g/mol. The fraction of sp³-hybridized carbons (Fsp3) is 0.231. The SMILES string of the molecule is CC(C)(N)c1ncc(-c2ccc(Cl)cc2)cn1. The van der Waals surface area contributed by atoms with Crippen molar-refractivity contribution in [1.29, 1.82) is 0 Å². The van der Waals surface area contributed by atoms with E-state index in [-0.39, 0.29) is 0 Å². The van der Waals surface area contributed by atoms with Gasteiger partial charge < -0.3 is 5.73 Å². The molecule has 0 amide bonds. The Labute approximate surface area is 106 Å². The summed E-state index contributed by atoms with van der Waals surface area (Å²) in [6.45, 7) is 3.76. The van der Waals surface area contributed by atoms with Crippen LogP contribution in [-0.2, 0) is 5.54 Å². The molecule has 0 aliphatic rings. The molecule has 0 saturated carbocycles. The summed E-state index contributed by atoms with van der Waals surface area (Å²) in [6, 6.07) is 7.57. The second-order valence-electron chi connectivity index (χ2n) is 4.52. The summed E-state index contributed by atoms with van der Waals surface area (Å²) < 4.78 is 0. The van der Waals surface area contributed by atoms with Crippen LogP contribution in [0.15, 0.2) is 36.7 Å². The number of nitrogens with zero attached hydrogens (tertiary/aromatic N) is 2. The number of benzene rings is 1. The van der Waals surface area contributed by atoms with E-state index in [1.807, 2.05) is 38.1 Å². The molecule has 0 fully saturated rings. The average molecular weight is 248 g/mol. The molecule has 0 unspecified atom stereocenters. The van der Waals surface area contributed by atoms with Gasteiger partial charge in [0.2, 0.25) is 0 Å². The van der Waals surface area contributed by atoms with Gasteiger partial charge in [-0.15, -0.1) is 0 Å². The predicted octanol–water partition coefficient (Wildman–Crippen LogP) is 2.99. The molecule has 0 radical (unpaired) electrons. The van der Waals surface area contributed by atoms with Crippen molar-refractivity contribution in [3.63, 3.8) is 0 Å². The lowest BCUT2D eigenvalue weighted by atomic mass is 10.1. The largest absolute Gasteiger partial charge is 0.319 e. The van der Waals surface area contributed by atoms with Gasteiger partial charge in [0.15, 0.2) is 0 Å². The first kappa shape index (κ1) is 12.0. The van der Waals surface area contributed by atoms with Crippen molar-refractivity contribution < 1.29 is 0 Å². The van der Waals surface area contributed by atoms with E-state index >= 15 is 0 Å². The lowest BCUT2D eigenvalue weighted by Gasteiger charge is -2.16. The van der Waals surface area contributed by atoms with Gasteiger partial charge in [0.05, 0.1) is 5.54 Å². The minimum absolute atomic E-state index is 0.515. The minimum atomic E-state index is -0.515. The van der Waals surface area contributed by atoms with Gasteiger partial charge in [0, 0.05) is 23.0 Å². The lowest BCUT2D eigenvalue weighted by Crippen LogP contribution is -2.31. The Morgan fingerprint density at radius 1 is 1.00 bits per heavy atom. The highest BCUT2D eigenvalue weighted by atomic mass is 35.5. The van der Waals surface area contributed by atoms with Gasteiger partial charge in [-0.25, -0.2) is 9.97 Å². The van der Waals surface area contributed by atoms with Crippen molar-refractivity contribution in [3.8, 4) is 11.1 Å². The van der Waals surface area contributed by atoms with E-state index in [4.69, 9.17) is 17.3 Å². The summed E-state index contributed by atoms with van der Waals surface area (Å²) in [7, 11) is 0. The van der Waals surface area contributed by atoms with Crippen LogP contribution in [0.1, 0.15) is 19.7 Å². The quantitative estimate of drug-likeness (QED) is 0.888. The van der Waals surface area contributed by atoms with Crippen molar-refractivity contribution in [2.24, 2.45) is 5.73 Å². The van der Waals surface area contributed by atoms with E-state index in [0.29, 0.717) is 5.82 Å². The molecule has 2 aromatic rings. The summed E-state index contributed by atoms with van der Waals surface area (Å²) in [5.41, 5.74) is 7.40. The molecule has 1 aromatic heterocycles. The Balaban J connectivity index is 2.33. The van der Waals surface area contributed by atoms with Gasteiger partial charge in [-0.05, 0) is 31.5 Å². The Kier molecular flexibility index (Phi) is 3.13. The first-order valence-electron chi connectivity index (χ1n) is 5.34. The molecule has 2 rings (SSSR count). The minimum Gasteiger partial charge on any atom is -0.319 e. The van der Waals surface area contributed by atoms with Gasteiger partial charge >= 0.3 is 0 Å². The van der Waals surface area contributed by atoms with E-state index in [1.54, 1.807) is 12.4 Å². The van der Waals surface area contributed by atoms with Gasteiger partial charge in [0.1, 0.15) is 5.82 Å². The highest BCUT2D eigenvalue weighted by Crippen LogP contribution is 2.21. The monoisotopic (exact) mass is 247 g/mol. The molecule has 17 heavy (non-hydrogen) atoms. The van der Waals surface area contributed by atoms with Crippen LogP contribution >= 0.6 is 11.6 Å². The summed E-state index contributed by atoms with van der Waals surface area (Å²) >= 11 is 5.84. The van der Waals surface area contributed by atoms with Gasteiger partial charge in [-0.3, -0.25) is 0 Å². The van der Waals surface area contributed by atoms with Crippen molar-refractivity contribution in [1.82, 2.24) is 9.97 Å². The molecule has 2 N–H and O–H groups in total. The van der Waals surface area contributed by atoms with Crippen LogP contribution in [0, 0.1) is 0 Å². The Morgan fingerprint density at radius 2 is 1.53 bits per heavy atom. The second kappa shape index (κ2) is 4.43. The highest BCUT2D eigenvalue weighted by Gasteiger charge is 2.17. The van der Waals surface area contributed by atoms with Gasteiger partial charge in [-0.2, -0.15) is 0 Å². The Hall–Kier alpha value is -1.45. The lowest BCUT2D eigenvalue weighted by molar-refractivity contribution is 0.514. The van der Waals surface area contributed by atoms with E-state index in [2.05, 4.69) is 9.97 Å². The van der Waals surface area contributed by atoms with Crippen LogP contribution in [-0.4, -0.2) is 9.97 Å². The zero-order valence-corrected chi connectivity index (χ0v) is 10.6. The van der Waals surface area contributed by atoms with Crippen molar-refractivity contribution in [3.05, 3.63) is 47.5 Å². The van der Waals surface area contributed by atoms with E-state index < -0.39 is 5.54 Å². The van der Waals surface area contributed by atoms with Crippen LogP contribution in [0.25, 0.3) is 11.1 Å². The number of aromatic nitrogens is 2. The van der Waals surface area contributed by atoms with E-state index in [1.165, 1.54) is 0 Å². The molecule has 0 atom stereocenters. The molecule has 0 spiro atoms. The van der Waals surface area contributed by atoms with Crippen LogP contribution in [0.3, 0.4) is 0 Å². The molecule has 3 nitrogen and oxygen atoms in total. The smallest absolute Gasteiger partial charge is 0.147 e. The summed E-state index contributed by atoms with van der Waals surface area (Å²) in [5.74, 6) is 0.634. The molecule has 1 heterocycles. The maximum Gasteiger partial charge on any atom is 0.147 e.